The number of aromatic nitrogens is 3. The van der Waals surface area contributed by atoms with Crippen LogP contribution in [0.3, 0.4) is 0 Å². The topological polar surface area (TPSA) is 112 Å². The van der Waals surface area contributed by atoms with E-state index in [9.17, 15) is 9.59 Å². The van der Waals surface area contributed by atoms with E-state index in [2.05, 4.69) is 60.6 Å². The number of thioether (sulfide) groups is 1. The van der Waals surface area contributed by atoms with Crippen LogP contribution in [0.4, 0.5) is 5.69 Å². The van der Waals surface area contributed by atoms with Gasteiger partial charge in [0.05, 0.1) is 17.0 Å². The average molecular weight is 482 g/mol. The number of rotatable bonds is 10. The Balaban J connectivity index is 1.77. The van der Waals surface area contributed by atoms with Gasteiger partial charge in [0.25, 0.3) is 5.91 Å². The van der Waals surface area contributed by atoms with Crippen LogP contribution in [0.25, 0.3) is 11.4 Å². The molecule has 3 aromatic rings. The van der Waals surface area contributed by atoms with Crippen LogP contribution in [-0.2, 0) is 21.5 Å². The van der Waals surface area contributed by atoms with Crippen LogP contribution in [0.5, 0.6) is 0 Å². The first-order valence-corrected chi connectivity index (χ1v) is 12.0. The summed E-state index contributed by atoms with van der Waals surface area (Å²) in [7, 11) is 1.67. The molecule has 3 N–H and O–H groups in total. The number of methoxy groups -OCH3 is 1. The Hall–Kier alpha value is -3.17. The van der Waals surface area contributed by atoms with E-state index in [1.54, 1.807) is 31.4 Å². The Morgan fingerprint density at radius 1 is 1.09 bits per heavy atom. The van der Waals surface area contributed by atoms with Crippen molar-refractivity contribution in [3.05, 3.63) is 59.7 Å². The van der Waals surface area contributed by atoms with Gasteiger partial charge in [-0.15, -0.1) is 10.2 Å². The summed E-state index contributed by atoms with van der Waals surface area (Å²) >= 11 is 1.29. The molecule has 8 nitrogen and oxygen atoms in total. The zero-order valence-corrected chi connectivity index (χ0v) is 20.8. The maximum absolute atomic E-state index is 12.6. The smallest absolute Gasteiger partial charge is 0.250 e. The fourth-order valence-electron chi connectivity index (χ4n) is 3.42. The van der Waals surface area contributed by atoms with Gasteiger partial charge in [0.15, 0.2) is 11.0 Å². The summed E-state index contributed by atoms with van der Waals surface area (Å²) in [6, 6.07) is 15.0. The Morgan fingerprint density at radius 2 is 1.79 bits per heavy atom. The molecule has 0 unspecified atom stereocenters. The van der Waals surface area contributed by atoms with Crippen LogP contribution in [0.15, 0.2) is 53.7 Å². The predicted molar refractivity (Wildman–Crippen MR) is 135 cm³/mol. The molecule has 0 fully saturated rings. The molecule has 0 bridgehead atoms. The van der Waals surface area contributed by atoms with Gasteiger partial charge in [-0.2, -0.15) is 0 Å². The van der Waals surface area contributed by atoms with Crippen molar-refractivity contribution in [1.82, 2.24) is 14.8 Å². The summed E-state index contributed by atoms with van der Waals surface area (Å²) in [5, 5.41) is 12.2. The van der Waals surface area contributed by atoms with E-state index in [4.69, 9.17) is 10.5 Å². The molecule has 0 spiro atoms. The number of carbonyl (C=O) groups is 2. The van der Waals surface area contributed by atoms with Gasteiger partial charge in [-0.3, -0.25) is 9.59 Å². The first-order chi connectivity index (χ1) is 16.2. The van der Waals surface area contributed by atoms with Crippen molar-refractivity contribution in [3.63, 3.8) is 0 Å². The van der Waals surface area contributed by atoms with Gasteiger partial charge in [0, 0.05) is 25.8 Å². The summed E-state index contributed by atoms with van der Waals surface area (Å²) in [4.78, 5) is 24.2. The molecule has 0 aliphatic carbocycles. The van der Waals surface area contributed by atoms with Crippen LogP contribution in [0.1, 0.15) is 43.1 Å². The molecular weight excluding hydrogens is 450 g/mol. The van der Waals surface area contributed by atoms with Gasteiger partial charge in [0.2, 0.25) is 5.91 Å². The van der Waals surface area contributed by atoms with Gasteiger partial charge >= 0.3 is 0 Å². The van der Waals surface area contributed by atoms with Crippen molar-refractivity contribution in [1.29, 1.82) is 0 Å². The van der Waals surface area contributed by atoms with Gasteiger partial charge in [-0.05, 0) is 29.5 Å². The molecule has 2 aromatic carbocycles. The number of anilines is 1. The van der Waals surface area contributed by atoms with Gasteiger partial charge in [-0.1, -0.05) is 68.9 Å². The molecule has 180 valence electrons. The number of hydrogen-bond donors (Lipinski definition) is 2. The number of benzene rings is 2. The quantitative estimate of drug-likeness (QED) is 0.333. The number of hydrogen-bond acceptors (Lipinski definition) is 6. The molecule has 1 heterocycles. The molecule has 0 saturated heterocycles. The SMILES string of the molecule is COCCCn1c(SCC(=O)Nc2ccccc2C(N)=O)nnc1-c1ccc(C(C)(C)C)cc1. The number of nitrogens with zero attached hydrogens (tertiary/aromatic N) is 3. The molecule has 0 aliphatic heterocycles. The number of amides is 2. The Kier molecular flexibility index (Phi) is 8.46. The maximum atomic E-state index is 12.6. The summed E-state index contributed by atoms with van der Waals surface area (Å²) in [6.45, 7) is 7.80. The molecule has 9 heteroatoms. The molecule has 0 saturated carbocycles. The zero-order chi connectivity index (χ0) is 24.7. The number of ether oxygens (including phenoxy) is 1. The standard InChI is InChI=1S/C25H31N5O3S/c1-25(2,3)18-12-10-17(11-13-18)23-28-29-24(30(23)14-7-15-33-4)34-16-21(31)27-20-9-6-5-8-19(20)22(26)32/h5-6,8-13H,7,14-16H2,1-4H3,(H2,26,32)(H,27,31). The molecule has 2 amide bonds. The third-order valence-corrected chi connectivity index (χ3v) is 6.22. The Labute approximate surface area is 204 Å². The highest BCUT2D eigenvalue weighted by Gasteiger charge is 2.18. The second kappa shape index (κ2) is 11.3. The monoisotopic (exact) mass is 481 g/mol. The van der Waals surface area contributed by atoms with E-state index in [1.807, 2.05) is 4.57 Å². The summed E-state index contributed by atoms with van der Waals surface area (Å²) in [5.74, 6) is 0.00156. The number of nitrogens with two attached hydrogens (primary N) is 1. The summed E-state index contributed by atoms with van der Waals surface area (Å²) in [6.07, 6.45) is 0.785. The van der Waals surface area contributed by atoms with Gasteiger partial charge in [-0.25, -0.2) is 0 Å². The van der Waals surface area contributed by atoms with Crippen molar-refractivity contribution in [2.45, 2.75) is 44.3 Å². The minimum atomic E-state index is -0.594. The van der Waals surface area contributed by atoms with E-state index in [0.29, 0.717) is 24.0 Å². The number of carbonyl (C=O) groups excluding carboxylic acids is 2. The lowest BCUT2D eigenvalue weighted by Crippen LogP contribution is -2.19. The minimum absolute atomic E-state index is 0.0617. The lowest BCUT2D eigenvalue weighted by Gasteiger charge is -2.19. The molecule has 0 radical (unpaired) electrons. The third kappa shape index (κ3) is 6.45. The Morgan fingerprint density at radius 3 is 2.44 bits per heavy atom. The maximum Gasteiger partial charge on any atom is 0.250 e. The van der Waals surface area contributed by atoms with E-state index < -0.39 is 5.91 Å². The average Bonchev–Trinajstić information content (AvgIpc) is 3.20. The minimum Gasteiger partial charge on any atom is -0.385 e. The fourth-order valence-corrected chi connectivity index (χ4v) is 4.18. The lowest BCUT2D eigenvalue weighted by atomic mass is 9.87. The summed E-state index contributed by atoms with van der Waals surface area (Å²) in [5.41, 5.74) is 8.32. The highest BCUT2D eigenvalue weighted by Crippen LogP contribution is 2.28. The number of nitrogens with one attached hydrogen (secondary N) is 1. The Bertz CT molecular complexity index is 1140. The second-order valence-electron chi connectivity index (χ2n) is 8.88. The van der Waals surface area contributed by atoms with E-state index in [0.717, 1.165) is 17.8 Å². The van der Waals surface area contributed by atoms with Gasteiger partial charge < -0.3 is 20.4 Å². The first-order valence-electron chi connectivity index (χ1n) is 11.0. The van der Waals surface area contributed by atoms with E-state index in [-0.39, 0.29) is 22.6 Å². The van der Waals surface area contributed by atoms with Crippen LogP contribution in [0, 0.1) is 0 Å². The normalized spacial score (nSPS) is 11.4. The third-order valence-electron chi connectivity index (χ3n) is 5.26. The van der Waals surface area contributed by atoms with Crippen LogP contribution in [0.2, 0.25) is 0 Å². The highest BCUT2D eigenvalue weighted by atomic mass is 32.2. The fraction of sp³-hybridized carbons (Fsp3) is 0.360. The zero-order valence-electron chi connectivity index (χ0n) is 20.0. The molecular formula is C25H31N5O3S. The summed E-state index contributed by atoms with van der Waals surface area (Å²) < 4.78 is 7.23. The van der Waals surface area contributed by atoms with Crippen molar-refractivity contribution in [3.8, 4) is 11.4 Å². The molecule has 0 aliphatic rings. The van der Waals surface area contributed by atoms with Crippen LogP contribution < -0.4 is 11.1 Å². The molecule has 0 atom stereocenters. The predicted octanol–water partition coefficient (Wildman–Crippen LogP) is 4.11. The largest absolute Gasteiger partial charge is 0.385 e. The highest BCUT2D eigenvalue weighted by molar-refractivity contribution is 7.99. The first kappa shape index (κ1) is 25.5. The second-order valence-corrected chi connectivity index (χ2v) is 9.82. The lowest BCUT2D eigenvalue weighted by molar-refractivity contribution is -0.113. The van der Waals surface area contributed by atoms with Gasteiger partial charge in [0.1, 0.15) is 0 Å². The van der Waals surface area contributed by atoms with Crippen molar-refractivity contribution in [2.24, 2.45) is 5.73 Å². The van der Waals surface area contributed by atoms with Crippen LogP contribution >= 0.6 is 11.8 Å². The molecule has 1 aromatic heterocycles. The number of para-hydroxylation sites is 1. The van der Waals surface area contributed by atoms with Crippen LogP contribution in [-0.4, -0.2) is 46.0 Å². The van der Waals surface area contributed by atoms with E-state index >= 15 is 0 Å². The van der Waals surface area contributed by atoms with Crippen molar-refractivity contribution in [2.75, 3.05) is 24.8 Å². The van der Waals surface area contributed by atoms with Crippen molar-refractivity contribution >= 4 is 29.3 Å². The molecule has 34 heavy (non-hydrogen) atoms. The van der Waals surface area contributed by atoms with Crippen molar-refractivity contribution < 1.29 is 14.3 Å². The van der Waals surface area contributed by atoms with E-state index in [1.165, 1.54) is 17.3 Å². The number of primary amides is 1. The molecule has 3 rings (SSSR count).